The van der Waals surface area contributed by atoms with Gasteiger partial charge in [-0.3, -0.25) is 0 Å². The van der Waals surface area contributed by atoms with Crippen LogP contribution < -0.4 is 25.3 Å². The Kier molecular flexibility index (Phi) is 5.87. The Bertz CT molecular complexity index is 852. The van der Waals surface area contributed by atoms with Gasteiger partial charge in [0, 0.05) is 36.4 Å². The van der Waals surface area contributed by atoms with Crippen LogP contribution in [0.3, 0.4) is 0 Å². The first kappa shape index (κ1) is 19.7. The molecule has 2 aromatic rings. The number of fused-ring (bicyclic) bond motifs is 1. The number of halogens is 2. The lowest BCUT2D eigenvalue weighted by atomic mass is 10.1. The van der Waals surface area contributed by atoms with Gasteiger partial charge in [0.05, 0.1) is 19.8 Å². The normalized spacial score (nSPS) is 14.4. The second-order valence-electron chi connectivity index (χ2n) is 7.01. The summed E-state index contributed by atoms with van der Waals surface area (Å²) < 4.78 is 43.5. The summed E-state index contributed by atoms with van der Waals surface area (Å²) in [7, 11) is 0. The van der Waals surface area contributed by atoms with Crippen molar-refractivity contribution in [2.45, 2.75) is 25.9 Å². The number of benzene rings is 2. The molecule has 0 atom stereocenters. The van der Waals surface area contributed by atoms with Gasteiger partial charge in [-0.1, -0.05) is 0 Å². The van der Waals surface area contributed by atoms with Crippen molar-refractivity contribution in [1.29, 1.82) is 0 Å². The van der Waals surface area contributed by atoms with Crippen LogP contribution in [0.4, 0.5) is 14.5 Å². The summed E-state index contributed by atoms with van der Waals surface area (Å²) in [5.41, 5.74) is 5.84. The van der Waals surface area contributed by atoms with E-state index in [1.165, 1.54) is 0 Å². The number of aliphatic imine (C=N–C) groups is 1. The lowest BCUT2D eigenvalue weighted by Crippen LogP contribution is -2.34. The molecular weight excluding hydrogens is 368 g/mol. The topological polar surface area (TPSA) is 78.1 Å². The van der Waals surface area contributed by atoms with Gasteiger partial charge in [-0.2, -0.15) is 0 Å². The molecule has 0 aliphatic carbocycles. The third kappa shape index (κ3) is 5.48. The minimum absolute atomic E-state index is 0.0899. The molecule has 150 valence electrons. The van der Waals surface area contributed by atoms with Crippen LogP contribution in [0.25, 0.3) is 0 Å². The molecule has 0 aromatic heterocycles. The highest BCUT2D eigenvalue weighted by atomic mass is 19.1. The molecule has 0 saturated carbocycles. The van der Waals surface area contributed by atoms with E-state index in [0.717, 1.165) is 24.6 Å². The zero-order valence-electron chi connectivity index (χ0n) is 15.8. The second-order valence-corrected chi connectivity index (χ2v) is 7.01. The van der Waals surface area contributed by atoms with Crippen molar-refractivity contribution in [1.82, 2.24) is 0 Å². The maximum atomic E-state index is 13.3. The van der Waals surface area contributed by atoms with E-state index >= 15 is 0 Å². The predicted octanol–water partition coefficient (Wildman–Crippen LogP) is 3.71. The van der Waals surface area contributed by atoms with E-state index in [9.17, 15) is 8.78 Å². The molecule has 0 spiro atoms. The first-order valence-electron chi connectivity index (χ1n) is 8.92. The average molecular weight is 391 g/mol. The summed E-state index contributed by atoms with van der Waals surface area (Å²) in [4.78, 5) is 4.26. The lowest BCUT2D eigenvalue weighted by Gasteiger charge is -2.25. The van der Waals surface area contributed by atoms with Crippen LogP contribution in [-0.2, 0) is 0 Å². The summed E-state index contributed by atoms with van der Waals surface area (Å²) >= 11 is 0. The van der Waals surface area contributed by atoms with E-state index in [1.807, 2.05) is 12.1 Å². The van der Waals surface area contributed by atoms with Crippen molar-refractivity contribution in [3.05, 3.63) is 48.0 Å². The van der Waals surface area contributed by atoms with Gasteiger partial charge in [0.15, 0.2) is 17.5 Å². The molecule has 0 saturated heterocycles. The van der Waals surface area contributed by atoms with E-state index in [-0.39, 0.29) is 18.3 Å². The molecule has 0 unspecified atom stereocenters. The van der Waals surface area contributed by atoms with Crippen LogP contribution in [0, 0.1) is 11.6 Å². The fourth-order valence-electron chi connectivity index (χ4n) is 2.64. The van der Waals surface area contributed by atoms with Gasteiger partial charge in [0.1, 0.15) is 23.0 Å². The van der Waals surface area contributed by atoms with Gasteiger partial charge in [0.2, 0.25) is 0 Å². The quantitative estimate of drug-likeness (QED) is 0.600. The van der Waals surface area contributed by atoms with Gasteiger partial charge in [-0.25, -0.2) is 13.8 Å². The van der Waals surface area contributed by atoms with E-state index in [0.29, 0.717) is 30.4 Å². The molecule has 0 bridgehead atoms. The Morgan fingerprint density at radius 3 is 2.50 bits per heavy atom. The number of nitrogens with zero attached hydrogens (tertiary/aromatic N) is 1. The maximum Gasteiger partial charge on any atom is 0.193 e. The van der Waals surface area contributed by atoms with Gasteiger partial charge in [-0.05, 0) is 26.0 Å². The number of ether oxygens (including phenoxy) is 3. The van der Waals surface area contributed by atoms with Crippen molar-refractivity contribution in [3.63, 3.8) is 0 Å². The maximum absolute atomic E-state index is 13.3. The zero-order chi connectivity index (χ0) is 20.1. The molecule has 3 N–H and O–H groups in total. The highest BCUT2D eigenvalue weighted by Gasteiger charge is 2.20. The van der Waals surface area contributed by atoms with Gasteiger partial charge >= 0.3 is 0 Å². The Hall–Kier alpha value is -3.03. The average Bonchev–Trinajstić information content (AvgIpc) is 2.84. The van der Waals surface area contributed by atoms with E-state index in [2.05, 4.69) is 10.3 Å². The second kappa shape index (κ2) is 8.33. The smallest absolute Gasteiger partial charge is 0.193 e. The summed E-state index contributed by atoms with van der Waals surface area (Å²) in [6.07, 6.45) is 0.825. The molecule has 28 heavy (non-hydrogen) atoms. The number of guanidine groups is 1. The van der Waals surface area contributed by atoms with Crippen molar-refractivity contribution in [2.75, 3.05) is 25.1 Å². The minimum atomic E-state index is -0.822. The summed E-state index contributed by atoms with van der Waals surface area (Å²) in [5.74, 6) is 0.195. The van der Waals surface area contributed by atoms with Crippen molar-refractivity contribution < 1.29 is 23.0 Å². The third-order valence-corrected chi connectivity index (χ3v) is 3.88. The summed E-state index contributed by atoms with van der Waals surface area (Å²) in [5, 5.41) is 2.98. The van der Waals surface area contributed by atoms with Crippen LogP contribution in [0.15, 0.2) is 41.4 Å². The summed E-state index contributed by atoms with van der Waals surface area (Å²) in [6.45, 7) is 4.88. The van der Waals surface area contributed by atoms with Crippen LogP contribution in [0.1, 0.15) is 20.3 Å². The lowest BCUT2D eigenvalue weighted by molar-refractivity contribution is 0.118. The van der Waals surface area contributed by atoms with Crippen molar-refractivity contribution in [2.24, 2.45) is 10.7 Å². The third-order valence-electron chi connectivity index (χ3n) is 3.88. The minimum Gasteiger partial charge on any atom is -0.490 e. The predicted molar refractivity (Wildman–Crippen MR) is 103 cm³/mol. The first-order valence-corrected chi connectivity index (χ1v) is 8.92. The molecular formula is C20H23F2N3O3. The van der Waals surface area contributed by atoms with Crippen molar-refractivity contribution >= 4 is 11.6 Å². The highest BCUT2D eigenvalue weighted by molar-refractivity contribution is 5.92. The number of hydrogen-bond donors (Lipinski definition) is 2. The molecule has 8 heteroatoms. The number of nitrogens with two attached hydrogens (primary N) is 1. The molecule has 0 fully saturated rings. The van der Waals surface area contributed by atoms with Crippen LogP contribution in [-0.4, -0.2) is 31.3 Å². The fourth-order valence-corrected chi connectivity index (χ4v) is 2.64. The Morgan fingerprint density at radius 2 is 1.79 bits per heavy atom. The van der Waals surface area contributed by atoms with E-state index < -0.39 is 17.2 Å². The molecule has 6 nitrogen and oxygen atoms in total. The van der Waals surface area contributed by atoms with E-state index in [1.54, 1.807) is 19.9 Å². The van der Waals surface area contributed by atoms with Gasteiger partial charge in [-0.15, -0.1) is 0 Å². The Balaban J connectivity index is 1.62. The molecule has 1 aliphatic heterocycles. The van der Waals surface area contributed by atoms with Crippen molar-refractivity contribution in [3.8, 4) is 17.2 Å². The molecule has 1 aliphatic rings. The summed E-state index contributed by atoms with van der Waals surface area (Å²) in [6, 6.07) is 8.44. The number of hydrogen-bond acceptors (Lipinski definition) is 4. The molecule has 0 radical (unpaired) electrons. The van der Waals surface area contributed by atoms with Gasteiger partial charge in [0.25, 0.3) is 0 Å². The standard InChI is InChI=1S/C20H23F2N3O3/c1-20(2,28-16-9-13(21)8-14(22)10-16)12-24-19(23)25-15-4-5-17-18(11-15)27-7-3-6-26-17/h4-5,8-11H,3,6-7,12H2,1-2H3,(H3,23,24,25). The first-order chi connectivity index (χ1) is 13.3. The molecule has 1 heterocycles. The molecule has 0 amide bonds. The van der Waals surface area contributed by atoms with Crippen LogP contribution >= 0.6 is 0 Å². The highest BCUT2D eigenvalue weighted by Crippen LogP contribution is 2.32. The van der Waals surface area contributed by atoms with Crippen LogP contribution in [0.2, 0.25) is 0 Å². The Morgan fingerprint density at radius 1 is 1.11 bits per heavy atom. The van der Waals surface area contributed by atoms with Crippen LogP contribution in [0.5, 0.6) is 17.2 Å². The van der Waals surface area contributed by atoms with E-state index in [4.69, 9.17) is 19.9 Å². The fraction of sp³-hybridized carbons (Fsp3) is 0.350. The SMILES string of the molecule is CC(C)(CN=C(N)Nc1ccc2c(c1)OCCCO2)Oc1cc(F)cc(F)c1. The van der Waals surface area contributed by atoms with Gasteiger partial charge < -0.3 is 25.3 Å². The largest absolute Gasteiger partial charge is 0.490 e. The monoisotopic (exact) mass is 391 g/mol. The number of nitrogens with one attached hydrogen (secondary N) is 1. The number of anilines is 1. The Labute approximate surface area is 162 Å². The molecule has 3 rings (SSSR count). The molecule has 2 aromatic carbocycles. The number of rotatable bonds is 5. The zero-order valence-corrected chi connectivity index (χ0v) is 15.8.